The molecule has 0 bridgehead atoms. The van der Waals surface area contributed by atoms with Crippen LogP contribution in [-0.4, -0.2) is 48.4 Å². The lowest BCUT2D eigenvalue weighted by molar-refractivity contribution is -0.119. The van der Waals surface area contributed by atoms with Gasteiger partial charge in [0.25, 0.3) is 0 Å². The van der Waals surface area contributed by atoms with Crippen LogP contribution in [0.5, 0.6) is 0 Å². The number of nitrogens with zero attached hydrogens (tertiary/aromatic N) is 2. The molecule has 0 unspecified atom stereocenters. The van der Waals surface area contributed by atoms with Crippen molar-refractivity contribution in [3.8, 4) is 0 Å². The predicted molar refractivity (Wildman–Crippen MR) is 78.0 cm³/mol. The van der Waals surface area contributed by atoms with Gasteiger partial charge in [-0.1, -0.05) is 29.8 Å². The van der Waals surface area contributed by atoms with E-state index in [9.17, 15) is 9.59 Å². The molecule has 1 fully saturated rings. The summed E-state index contributed by atoms with van der Waals surface area (Å²) < 4.78 is 0. The third-order valence-electron chi connectivity index (χ3n) is 3.28. The normalized spacial score (nSPS) is 15.4. The van der Waals surface area contributed by atoms with Gasteiger partial charge in [0.2, 0.25) is 6.41 Å². The van der Waals surface area contributed by atoms with E-state index in [1.807, 2.05) is 37.3 Å². The zero-order valence-corrected chi connectivity index (χ0v) is 11.6. The number of nitrogens with one attached hydrogen (secondary N) is 1. The molecular formula is C15H19N3O2. The molecule has 5 heteroatoms. The Morgan fingerprint density at radius 3 is 2.65 bits per heavy atom. The van der Waals surface area contributed by atoms with Crippen LogP contribution in [0.1, 0.15) is 11.1 Å². The number of amides is 3. The average molecular weight is 273 g/mol. The van der Waals surface area contributed by atoms with Crippen molar-refractivity contribution in [3.63, 3.8) is 0 Å². The van der Waals surface area contributed by atoms with Crippen LogP contribution in [0.25, 0.3) is 6.08 Å². The Bertz CT molecular complexity index is 506. The second-order valence-electron chi connectivity index (χ2n) is 4.83. The van der Waals surface area contributed by atoms with Crippen molar-refractivity contribution in [3.05, 3.63) is 41.6 Å². The Balaban J connectivity index is 1.82. The molecular weight excluding hydrogens is 254 g/mol. The summed E-state index contributed by atoms with van der Waals surface area (Å²) >= 11 is 0. The molecule has 0 radical (unpaired) electrons. The highest BCUT2D eigenvalue weighted by Gasteiger charge is 2.18. The topological polar surface area (TPSA) is 52.7 Å². The number of hydrogen-bond donors (Lipinski definition) is 1. The number of carbonyl (C=O) groups excluding carboxylic acids is 2. The largest absolute Gasteiger partial charge is 0.342 e. The Hall–Kier alpha value is -2.30. The molecule has 1 aliphatic heterocycles. The first-order valence-corrected chi connectivity index (χ1v) is 6.67. The number of hydrogen-bond acceptors (Lipinski definition) is 2. The maximum atomic E-state index is 11.9. The summed E-state index contributed by atoms with van der Waals surface area (Å²) in [4.78, 5) is 25.9. The van der Waals surface area contributed by atoms with Gasteiger partial charge < -0.3 is 15.1 Å². The minimum Gasteiger partial charge on any atom is -0.342 e. The zero-order chi connectivity index (χ0) is 14.4. The zero-order valence-electron chi connectivity index (χ0n) is 11.6. The Kier molecular flexibility index (Phi) is 4.76. The molecule has 20 heavy (non-hydrogen) atoms. The molecule has 0 saturated carbocycles. The van der Waals surface area contributed by atoms with Crippen molar-refractivity contribution in [2.75, 3.05) is 26.2 Å². The predicted octanol–water partition coefficient (Wildman–Crippen LogP) is 1.45. The molecule has 1 aliphatic rings. The molecule has 5 nitrogen and oxygen atoms in total. The minimum absolute atomic E-state index is 0.126. The van der Waals surface area contributed by atoms with E-state index in [-0.39, 0.29) is 6.03 Å². The Morgan fingerprint density at radius 1 is 1.25 bits per heavy atom. The SMILES string of the molecule is Cc1cccc(/C=C/NC(=O)N2CCN(C=O)CC2)c1. The fourth-order valence-electron chi connectivity index (χ4n) is 2.10. The standard InChI is InChI=1S/C15H19N3O2/c1-13-3-2-4-14(11-13)5-6-16-15(20)18-9-7-17(12-19)8-10-18/h2-6,11-12H,7-10H2,1H3,(H,16,20)/b6-5+. The maximum Gasteiger partial charge on any atom is 0.321 e. The molecule has 1 aromatic rings. The van der Waals surface area contributed by atoms with E-state index >= 15 is 0 Å². The van der Waals surface area contributed by atoms with E-state index < -0.39 is 0 Å². The molecule has 0 atom stereocenters. The first-order chi connectivity index (χ1) is 9.69. The second kappa shape index (κ2) is 6.75. The highest BCUT2D eigenvalue weighted by molar-refractivity contribution is 5.76. The number of carbonyl (C=O) groups is 2. The summed E-state index contributed by atoms with van der Waals surface area (Å²) in [7, 11) is 0. The Labute approximate surface area is 118 Å². The van der Waals surface area contributed by atoms with Crippen LogP contribution in [0, 0.1) is 6.92 Å². The maximum absolute atomic E-state index is 11.9. The van der Waals surface area contributed by atoms with Crippen molar-refractivity contribution in [1.29, 1.82) is 0 Å². The molecule has 2 rings (SSSR count). The van der Waals surface area contributed by atoms with Crippen molar-refractivity contribution in [2.24, 2.45) is 0 Å². The van der Waals surface area contributed by atoms with E-state index in [0.717, 1.165) is 12.0 Å². The third kappa shape index (κ3) is 3.85. The monoisotopic (exact) mass is 273 g/mol. The van der Waals surface area contributed by atoms with Gasteiger partial charge in [-0.3, -0.25) is 4.79 Å². The van der Waals surface area contributed by atoms with Gasteiger partial charge in [0, 0.05) is 32.4 Å². The van der Waals surface area contributed by atoms with E-state index in [4.69, 9.17) is 0 Å². The first kappa shape index (κ1) is 14.1. The summed E-state index contributed by atoms with van der Waals surface area (Å²) in [5.74, 6) is 0. The van der Waals surface area contributed by atoms with Crippen LogP contribution < -0.4 is 5.32 Å². The summed E-state index contributed by atoms with van der Waals surface area (Å²) in [6.45, 7) is 4.37. The van der Waals surface area contributed by atoms with E-state index in [2.05, 4.69) is 5.32 Å². The lowest BCUT2D eigenvalue weighted by atomic mass is 10.1. The molecule has 1 aromatic carbocycles. The molecule has 0 spiro atoms. The fourth-order valence-corrected chi connectivity index (χ4v) is 2.10. The summed E-state index contributed by atoms with van der Waals surface area (Å²) in [6, 6.07) is 7.92. The van der Waals surface area contributed by atoms with E-state index in [1.165, 1.54) is 5.56 Å². The van der Waals surface area contributed by atoms with Gasteiger partial charge in [0.15, 0.2) is 0 Å². The highest BCUT2D eigenvalue weighted by atomic mass is 16.2. The minimum atomic E-state index is -0.126. The van der Waals surface area contributed by atoms with Crippen molar-refractivity contribution >= 4 is 18.5 Å². The van der Waals surface area contributed by atoms with Crippen LogP contribution in [0.4, 0.5) is 4.79 Å². The molecule has 106 valence electrons. The van der Waals surface area contributed by atoms with Gasteiger partial charge in [-0.05, 0) is 18.6 Å². The molecule has 3 amide bonds. The quantitative estimate of drug-likeness (QED) is 0.847. The fraction of sp³-hybridized carbons (Fsp3) is 0.333. The van der Waals surface area contributed by atoms with Crippen LogP contribution in [0.2, 0.25) is 0 Å². The van der Waals surface area contributed by atoms with Gasteiger partial charge in [0.1, 0.15) is 0 Å². The first-order valence-electron chi connectivity index (χ1n) is 6.67. The number of aryl methyl sites for hydroxylation is 1. The average Bonchev–Trinajstić information content (AvgIpc) is 2.47. The van der Waals surface area contributed by atoms with Crippen LogP contribution in [0.3, 0.4) is 0 Å². The van der Waals surface area contributed by atoms with Gasteiger partial charge >= 0.3 is 6.03 Å². The molecule has 0 aliphatic carbocycles. The van der Waals surface area contributed by atoms with Crippen molar-refractivity contribution < 1.29 is 9.59 Å². The van der Waals surface area contributed by atoms with Crippen molar-refractivity contribution in [1.82, 2.24) is 15.1 Å². The van der Waals surface area contributed by atoms with Gasteiger partial charge in [0.05, 0.1) is 0 Å². The van der Waals surface area contributed by atoms with Gasteiger partial charge in [-0.2, -0.15) is 0 Å². The summed E-state index contributed by atoms with van der Waals surface area (Å²) in [5, 5.41) is 2.75. The van der Waals surface area contributed by atoms with Gasteiger partial charge in [-0.25, -0.2) is 4.79 Å². The number of benzene rings is 1. The molecule has 0 aromatic heterocycles. The highest BCUT2D eigenvalue weighted by Crippen LogP contribution is 2.05. The molecule has 1 N–H and O–H groups in total. The number of rotatable bonds is 3. The lowest BCUT2D eigenvalue weighted by Crippen LogP contribution is -2.50. The molecule has 1 saturated heterocycles. The lowest BCUT2D eigenvalue weighted by Gasteiger charge is -2.32. The number of piperazine rings is 1. The third-order valence-corrected chi connectivity index (χ3v) is 3.28. The smallest absolute Gasteiger partial charge is 0.321 e. The van der Waals surface area contributed by atoms with Gasteiger partial charge in [-0.15, -0.1) is 0 Å². The second-order valence-corrected chi connectivity index (χ2v) is 4.83. The summed E-state index contributed by atoms with van der Waals surface area (Å²) in [5.41, 5.74) is 2.24. The number of urea groups is 1. The van der Waals surface area contributed by atoms with Crippen LogP contribution in [0.15, 0.2) is 30.5 Å². The van der Waals surface area contributed by atoms with Crippen LogP contribution in [-0.2, 0) is 4.79 Å². The van der Waals surface area contributed by atoms with E-state index in [1.54, 1.807) is 16.0 Å². The molecule has 1 heterocycles. The van der Waals surface area contributed by atoms with E-state index in [0.29, 0.717) is 26.2 Å². The Morgan fingerprint density at radius 2 is 2.00 bits per heavy atom. The van der Waals surface area contributed by atoms with Crippen molar-refractivity contribution in [2.45, 2.75) is 6.92 Å². The summed E-state index contributed by atoms with van der Waals surface area (Å²) in [6.07, 6.45) is 4.35. The van der Waals surface area contributed by atoms with Crippen LogP contribution >= 0.6 is 0 Å².